The Hall–Kier alpha value is -3.06. The van der Waals surface area contributed by atoms with Crippen molar-refractivity contribution in [3.63, 3.8) is 0 Å². The molecule has 1 amide bonds. The van der Waals surface area contributed by atoms with Crippen LogP contribution < -0.4 is 19.7 Å². The number of carbonyl (C=O) groups is 1. The van der Waals surface area contributed by atoms with E-state index in [1.807, 2.05) is 37.7 Å². The molecule has 0 atom stereocenters. The number of anilines is 2. The summed E-state index contributed by atoms with van der Waals surface area (Å²) in [5.41, 5.74) is 4.02. The number of fused-ring (bicyclic) bond motifs is 1. The highest BCUT2D eigenvalue weighted by molar-refractivity contribution is 7.14. The second-order valence-corrected chi connectivity index (χ2v) is 7.57. The lowest BCUT2D eigenvalue weighted by atomic mass is 10.1. The largest absolute Gasteiger partial charge is 0.454 e. The summed E-state index contributed by atoms with van der Waals surface area (Å²) in [7, 11) is 4.02. The molecular formula is C21H21N3O3S. The summed E-state index contributed by atoms with van der Waals surface area (Å²) in [6.45, 7) is 0.245. The van der Waals surface area contributed by atoms with Crippen molar-refractivity contribution in [1.82, 2.24) is 4.98 Å². The highest BCUT2D eigenvalue weighted by Crippen LogP contribution is 2.36. The van der Waals surface area contributed by atoms with E-state index in [1.54, 1.807) is 0 Å². The Morgan fingerprint density at radius 1 is 1.14 bits per heavy atom. The van der Waals surface area contributed by atoms with E-state index in [0.29, 0.717) is 18.0 Å². The first-order valence-electron chi connectivity index (χ1n) is 9.00. The van der Waals surface area contributed by atoms with Crippen molar-refractivity contribution in [3.05, 3.63) is 53.4 Å². The molecule has 0 saturated heterocycles. The third-order valence-electron chi connectivity index (χ3n) is 4.51. The van der Waals surface area contributed by atoms with Crippen LogP contribution in [0, 0.1) is 0 Å². The average molecular weight is 395 g/mol. The van der Waals surface area contributed by atoms with Crippen molar-refractivity contribution in [2.75, 3.05) is 31.1 Å². The van der Waals surface area contributed by atoms with Gasteiger partial charge in [-0.1, -0.05) is 12.1 Å². The third-order valence-corrected chi connectivity index (χ3v) is 5.27. The molecule has 0 unspecified atom stereocenters. The minimum Gasteiger partial charge on any atom is -0.454 e. The summed E-state index contributed by atoms with van der Waals surface area (Å²) in [4.78, 5) is 18.8. The van der Waals surface area contributed by atoms with Gasteiger partial charge in [0.2, 0.25) is 12.7 Å². The van der Waals surface area contributed by atoms with E-state index in [1.165, 1.54) is 11.3 Å². The van der Waals surface area contributed by atoms with Crippen LogP contribution in [0.4, 0.5) is 10.8 Å². The van der Waals surface area contributed by atoms with E-state index in [2.05, 4.69) is 39.5 Å². The molecule has 1 aliphatic rings. The van der Waals surface area contributed by atoms with E-state index < -0.39 is 0 Å². The summed E-state index contributed by atoms with van der Waals surface area (Å²) < 4.78 is 10.7. The van der Waals surface area contributed by atoms with Crippen molar-refractivity contribution >= 4 is 28.1 Å². The van der Waals surface area contributed by atoms with Gasteiger partial charge < -0.3 is 19.7 Å². The molecule has 0 spiro atoms. The van der Waals surface area contributed by atoms with E-state index in [0.717, 1.165) is 34.0 Å². The lowest BCUT2D eigenvalue weighted by Crippen LogP contribution is -2.12. The number of hydrogen-bond acceptors (Lipinski definition) is 6. The summed E-state index contributed by atoms with van der Waals surface area (Å²) in [6, 6.07) is 14.0. The number of aryl methyl sites for hydroxylation is 1. The molecule has 0 saturated carbocycles. The van der Waals surface area contributed by atoms with Crippen LogP contribution in [0.25, 0.3) is 11.3 Å². The monoisotopic (exact) mass is 395 g/mol. The predicted molar refractivity (Wildman–Crippen MR) is 111 cm³/mol. The quantitative estimate of drug-likeness (QED) is 0.678. The van der Waals surface area contributed by atoms with Gasteiger partial charge in [-0.3, -0.25) is 4.79 Å². The fourth-order valence-electron chi connectivity index (χ4n) is 2.92. The number of amides is 1. The van der Waals surface area contributed by atoms with Gasteiger partial charge in [-0.2, -0.15) is 0 Å². The molecule has 0 bridgehead atoms. The van der Waals surface area contributed by atoms with Crippen molar-refractivity contribution in [2.45, 2.75) is 12.8 Å². The molecule has 0 aliphatic carbocycles. The lowest BCUT2D eigenvalue weighted by Gasteiger charge is -2.12. The van der Waals surface area contributed by atoms with E-state index in [-0.39, 0.29) is 12.7 Å². The summed E-state index contributed by atoms with van der Waals surface area (Å²) in [5, 5.41) is 5.41. The second-order valence-electron chi connectivity index (χ2n) is 6.71. The molecule has 28 heavy (non-hydrogen) atoms. The van der Waals surface area contributed by atoms with Gasteiger partial charge in [0.1, 0.15) is 0 Å². The van der Waals surface area contributed by atoms with Crippen LogP contribution in [0.5, 0.6) is 11.5 Å². The molecule has 0 fully saturated rings. The molecule has 2 aromatic carbocycles. The number of aromatic nitrogens is 1. The fraction of sp³-hybridized carbons (Fsp3) is 0.238. The molecule has 1 aromatic heterocycles. The Morgan fingerprint density at radius 2 is 1.93 bits per heavy atom. The summed E-state index contributed by atoms with van der Waals surface area (Å²) in [6.07, 6.45) is 1.11. The van der Waals surface area contributed by atoms with Crippen LogP contribution >= 0.6 is 11.3 Å². The molecule has 1 aliphatic heterocycles. The van der Waals surface area contributed by atoms with Crippen molar-refractivity contribution in [3.8, 4) is 22.8 Å². The molecule has 1 N–H and O–H groups in total. The molecule has 7 heteroatoms. The molecule has 144 valence electrons. The minimum atomic E-state index is -0.0386. The maximum absolute atomic E-state index is 12.3. The van der Waals surface area contributed by atoms with Crippen LogP contribution in [0.2, 0.25) is 0 Å². The van der Waals surface area contributed by atoms with Crippen LogP contribution in [-0.4, -0.2) is 31.8 Å². The topological polar surface area (TPSA) is 63.7 Å². The third kappa shape index (κ3) is 4.09. The highest BCUT2D eigenvalue weighted by atomic mass is 32.1. The first kappa shape index (κ1) is 18.3. The van der Waals surface area contributed by atoms with Crippen molar-refractivity contribution in [2.24, 2.45) is 0 Å². The van der Waals surface area contributed by atoms with Gasteiger partial charge >= 0.3 is 0 Å². The van der Waals surface area contributed by atoms with E-state index >= 15 is 0 Å². The number of thiazole rings is 1. The van der Waals surface area contributed by atoms with Crippen LogP contribution in [0.15, 0.2) is 47.8 Å². The zero-order valence-electron chi connectivity index (χ0n) is 15.8. The average Bonchev–Trinajstić information content (AvgIpc) is 3.35. The second kappa shape index (κ2) is 7.90. The Kier molecular flexibility index (Phi) is 5.16. The number of nitrogens with one attached hydrogen (secondary N) is 1. The van der Waals surface area contributed by atoms with E-state index in [4.69, 9.17) is 9.47 Å². The molecule has 3 aromatic rings. The smallest absolute Gasteiger partial charge is 0.231 e. The van der Waals surface area contributed by atoms with Crippen LogP contribution in [-0.2, 0) is 11.2 Å². The maximum atomic E-state index is 12.3. The van der Waals surface area contributed by atoms with Gasteiger partial charge in [0.15, 0.2) is 16.6 Å². The Balaban J connectivity index is 1.34. The number of rotatable bonds is 6. The first-order valence-corrected chi connectivity index (χ1v) is 9.88. The fourth-order valence-corrected chi connectivity index (χ4v) is 3.66. The minimum absolute atomic E-state index is 0.0386. The van der Waals surface area contributed by atoms with Gasteiger partial charge in [0, 0.05) is 37.1 Å². The Labute approximate surface area is 167 Å². The van der Waals surface area contributed by atoms with Gasteiger partial charge in [0.25, 0.3) is 0 Å². The van der Waals surface area contributed by atoms with Gasteiger partial charge in [-0.05, 0) is 42.3 Å². The zero-order chi connectivity index (χ0) is 19.5. The number of ether oxygens (including phenoxy) is 2. The van der Waals surface area contributed by atoms with Crippen LogP contribution in [0.3, 0.4) is 0 Å². The predicted octanol–water partition coefficient (Wildman–Crippen LogP) is 4.18. The van der Waals surface area contributed by atoms with Crippen molar-refractivity contribution in [1.29, 1.82) is 0 Å². The number of benzene rings is 2. The normalized spacial score (nSPS) is 12.1. The van der Waals surface area contributed by atoms with Gasteiger partial charge in [0.05, 0.1) is 5.69 Å². The SMILES string of the molecule is CN(C)c1ccc(CCC(=O)Nc2nc(-c3ccc4c(c3)OCO4)cs2)cc1. The highest BCUT2D eigenvalue weighted by Gasteiger charge is 2.15. The molecule has 2 heterocycles. The lowest BCUT2D eigenvalue weighted by molar-refractivity contribution is -0.116. The standard InChI is InChI=1S/C21H21N3O3S/c1-24(2)16-7-3-14(4-8-16)5-10-20(25)23-21-22-17(12-28-21)15-6-9-18-19(11-15)27-13-26-18/h3-4,6-9,11-12H,5,10,13H2,1-2H3,(H,22,23,25). The first-order chi connectivity index (χ1) is 13.6. The number of carbonyl (C=O) groups excluding carboxylic acids is 1. The molecule has 6 nitrogen and oxygen atoms in total. The van der Waals surface area contributed by atoms with Gasteiger partial charge in [-0.15, -0.1) is 11.3 Å². The number of nitrogens with zero attached hydrogens (tertiary/aromatic N) is 2. The van der Waals surface area contributed by atoms with Crippen LogP contribution in [0.1, 0.15) is 12.0 Å². The molecule has 0 radical (unpaired) electrons. The number of hydrogen-bond donors (Lipinski definition) is 1. The molecular weight excluding hydrogens is 374 g/mol. The van der Waals surface area contributed by atoms with E-state index in [9.17, 15) is 4.79 Å². The summed E-state index contributed by atoms with van der Waals surface area (Å²) >= 11 is 1.41. The zero-order valence-corrected chi connectivity index (χ0v) is 16.6. The summed E-state index contributed by atoms with van der Waals surface area (Å²) in [5.74, 6) is 1.42. The van der Waals surface area contributed by atoms with Crippen molar-refractivity contribution < 1.29 is 14.3 Å². The van der Waals surface area contributed by atoms with Gasteiger partial charge in [-0.25, -0.2) is 4.98 Å². The molecule has 4 rings (SSSR count). The Morgan fingerprint density at radius 3 is 2.71 bits per heavy atom. The Bertz CT molecular complexity index is 983. The maximum Gasteiger partial charge on any atom is 0.231 e.